The van der Waals surface area contributed by atoms with E-state index in [1.54, 1.807) is 12.1 Å². The third-order valence-electron chi connectivity index (χ3n) is 2.54. The molecule has 2 aromatic rings. The van der Waals surface area contributed by atoms with Crippen LogP contribution >= 0.6 is 22.6 Å². The minimum atomic E-state index is -0.946. The van der Waals surface area contributed by atoms with E-state index in [-0.39, 0.29) is 5.56 Å². The Balaban J connectivity index is 1.75. The van der Waals surface area contributed by atoms with Crippen molar-refractivity contribution in [2.75, 3.05) is 13.2 Å². The molecule has 5 heteroatoms. The third-order valence-corrected chi connectivity index (χ3v) is 3.25. The fourth-order valence-electron chi connectivity index (χ4n) is 1.54. The van der Waals surface area contributed by atoms with Crippen LogP contribution in [0.3, 0.4) is 0 Å². The lowest BCUT2D eigenvalue weighted by Crippen LogP contribution is -2.09. The highest BCUT2D eigenvalue weighted by Gasteiger charge is 2.02. The maximum atomic E-state index is 10.7. The Labute approximate surface area is 130 Å². The zero-order chi connectivity index (χ0) is 14.4. The highest BCUT2D eigenvalue weighted by atomic mass is 127. The lowest BCUT2D eigenvalue weighted by molar-refractivity contribution is 0.0697. The van der Waals surface area contributed by atoms with E-state index in [4.69, 9.17) is 14.6 Å². The van der Waals surface area contributed by atoms with E-state index in [1.165, 1.54) is 12.1 Å². The molecule has 0 radical (unpaired) electrons. The summed E-state index contributed by atoms with van der Waals surface area (Å²) in [5.41, 5.74) is 0.243. The van der Waals surface area contributed by atoms with Crippen molar-refractivity contribution >= 4 is 28.6 Å². The number of carbonyl (C=O) groups is 1. The molecule has 0 aliphatic heterocycles. The summed E-state index contributed by atoms with van der Waals surface area (Å²) < 4.78 is 12.1. The van der Waals surface area contributed by atoms with Gasteiger partial charge in [0.15, 0.2) is 0 Å². The first-order valence-electron chi connectivity index (χ1n) is 6.00. The molecular formula is C15H13IO4. The van der Waals surface area contributed by atoms with Gasteiger partial charge in [-0.25, -0.2) is 4.79 Å². The second-order valence-electron chi connectivity index (χ2n) is 3.98. The number of ether oxygens (including phenoxy) is 2. The molecule has 2 rings (SSSR count). The van der Waals surface area contributed by atoms with Gasteiger partial charge in [0.1, 0.15) is 24.7 Å². The van der Waals surface area contributed by atoms with E-state index < -0.39 is 5.97 Å². The van der Waals surface area contributed by atoms with Crippen molar-refractivity contribution < 1.29 is 19.4 Å². The molecule has 0 saturated heterocycles. The van der Waals surface area contributed by atoms with E-state index in [0.29, 0.717) is 19.0 Å². The molecule has 0 atom stereocenters. The van der Waals surface area contributed by atoms with Crippen LogP contribution in [0.25, 0.3) is 0 Å². The Morgan fingerprint density at radius 1 is 0.900 bits per heavy atom. The molecule has 0 amide bonds. The van der Waals surface area contributed by atoms with Crippen molar-refractivity contribution in [2.45, 2.75) is 0 Å². The van der Waals surface area contributed by atoms with Crippen LogP contribution in [0.2, 0.25) is 0 Å². The van der Waals surface area contributed by atoms with Crippen molar-refractivity contribution in [3.05, 3.63) is 57.7 Å². The van der Waals surface area contributed by atoms with Crippen LogP contribution in [0.5, 0.6) is 11.5 Å². The second kappa shape index (κ2) is 7.14. The van der Waals surface area contributed by atoms with Gasteiger partial charge in [0.05, 0.1) is 5.56 Å². The summed E-state index contributed by atoms with van der Waals surface area (Å²) in [6.45, 7) is 0.833. The molecule has 2 aromatic carbocycles. The van der Waals surface area contributed by atoms with E-state index in [1.807, 2.05) is 24.3 Å². The average Bonchev–Trinajstić information content (AvgIpc) is 2.46. The first-order valence-corrected chi connectivity index (χ1v) is 7.07. The Hall–Kier alpha value is -1.76. The van der Waals surface area contributed by atoms with Crippen molar-refractivity contribution in [2.24, 2.45) is 0 Å². The van der Waals surface area contributed by atoms with Gasteiger partial charge in [-0.1, -0.05) is 0 Å². The molecule has 104 valence electrons. The molecule has 0 fully saturated rings. The molecule has 0 spiro atoms. The maximum absolute atomic E-state index is 10.7. The minimum Gasteiger partial charge on any atom is -0.490 e. The van der Waals surface area contributed by atoms with Gasteiger partial charge in [-0.05, 0) is 71.1 Å². The van der Waals surface area contributed by atoms with Gasteiger partial charge >= 0.3 is 5.97 Å². The van der Waals surface area contributed by atoms with E-state index in [9.17, 15) is 4.79 Å². The van der Waals surface area contributed by atoms with E-state index in [2.05, 4.69) is 22.6 Å². The van der Waals surface area contributed by atoms with Crippen LogP contribution in [0.1, 0.15) is 10.4 Å². The number of hydrogen-bond donors (Lipinski definition) is 1. The van der Waals surface area contributed by atoms with Gasteiger partial charge in [0, 0.05) is 3.57 Å². The quantitative estimate of drug-likeness (QED) is 0.613. The van der Waals surface area contributed by atoms with Crippen molar-refractivity contribution in [3.63, 3.8) is 0 Å². The van der Waals surface area contributed by atoms with Crippen molar-refractivity contribution in [3.8, 4) is 11.5 Å². The third kappa shape index (κ3) is 4.41. The Morgan fingerprint density at radius 3 is 1.80 bits per heavy atom. The monoisotopic (exact) mass is 384 g/mol. The summed E-state index contributed by atoms with van der Waals surface area (Å²) in [7, 11) is 0. The highest BCUT2D eigenvalue weighted by molar-refractivity contribution is 14.1. The summed E-state index contributed by atoms with van der Waals surface area (Å²) in [6, 6.07) is 14.0. The summed E-state index contributed by atoms with van der Waals surface area (Å²) >= 11 is 2.23. The first kappa shape index (κ1) is 14.6. The molecular weight excluding hydrogens is 371 g/mol. The predicted molar refractivity (Wildman–Crippen MR) is 83.6 cm³/mol. The number of halogens is 1. The summed E-state index contributed by atoms with van der Waals surface area (Å²) in [4.78, 5) is 10.7. The number of carboxylic acid groups (broad SMARTS) is 1. The standard InChI is InChI=1S/C15H13IO4/c16-12-3-7-14(8-4-12)20-10-9-19-13-5-1-11(2-6-13)15(17)18/h1-8H,9-10H2,(H,17,18). The zero-order valence-electron chi connectivity index (χ0n) is 10.6. The summed E-state index contributed by atoms with van der Waals surface area (Å²) in [6.07, 6.45) is 0. The first-order chi connectivity index (χ1) is 9.65. The van der Waals surface area contributed by atoms with Gasteiger partial charge in [-0.3, -0.25) is 0 Å². The second-order valence-corrected chi connectivity index (χ2v) is 5.23. The molecule has 0 bridgehead atoms. The van der Waals surface area contributed by atoms with E-state index >= 15 is 0 Å². The lowest BCUT2D eigenvalue weighted by Gasteiger charge is -2.08. The van der Waals surface area contributed by atoms with Crippen LogP contribution in [0, 0.1) is 3.57 Å². The topological polar surface area (TPSA) is 55.8 Å². The Bertz CT molecular complexity index is 563. The lowest BCUT2D eigenvalue weighted by atomic mass is 10.2. The van der Waals surface area contributed by atoms with Crippen LogP contribution in [-0.2, 0) is 0 Å². The van der Waals surface area contributed by atoms with Gasteiger partial charge in [-0.15, -0.1) is 0 Å². The molecule has 1 N–H and O–H groups in total. The van der Waals surface area contributed by atoms with Crippen LogP contribution in [0.4, 0.5) is 0 Å². The number of carboxylic acids is 1. The Kier molecular flexibility index (Phi) is 5.23. The molecule has 0 aliphatic rings. The van der Waals surface area contributed by atoms with Gasteiger partial charge < -0.3 is 14.6 Å². The average molecular weight is 384 g/mol. The largest absolute Gasteiger partial charge is 0.490 e. The van der Waals surface area contributed by atoms with Crippen molar-refractivity contribution in [1.82, 2.24) is 0 Å². The molecule has 0 saturated carbocycles. The van der Waals surface area contributed by atoms with Crippen LogP contribution < -0.4 is 9.47 Å². The number of benzene rings is 2. The SMILES string of the molecule is O=C(O)c1ccc(OCCOc2ccc(I)cc2)cc1. The molecule has 0 aromatic heterocycles. The molecule has 0 heterocycles. The fraction of sp³-hybridized carbons (Fsp3) is 0.133. The van der Waals surface area contributed by atoms with E-state index in [0.717, 1.165) is 9.32 Å². The van der Waals surface area contributed by atoms with Gasteiger partial charge in [0.25, 0.3) is 0 Å². The summed E-state index contributed by atoms with van der Waals surface area (Å²) in [5.74, 6) is 0.482. The minimum absolute atomic E-state index is 0.243. The zero-order valence-corrected chi connectivity index (χ0v) is 12.7. The van der Waals surface area contributed by atoms with Crippen LogP contribution in [0.15, 0.2) is 48.5 Å². The smallest absolute Gasteiger partial charge is 0.335 e. The predicted octanol–water partition coefficient (Wildman–Crippen LogP) is 3.45. The van der Waals surface area contributed by atoms with Crippen LogP contribution in [-0.4, -0.2) is 24.3 Å². The van der Waals surface area contributed by atoms with Crippen molar-refractivity contribution in [1.29, 1.82) is 0 Å². The number of hydrogen-bond acceptors (Lipinski definition) is 3. The summed E-state index contributed by atoms with van der Waals surface area (Å²) in [5, 5.41) is 8.77. The molecule has 0 aliphatic carbocycles. The fourth-order valence-corrected chi connectivity index (χ4v) is 1.90. The van der Waals surface area contributed by atoms with Gasteiger partial charge in [0.2, 0.25) is 0 Å². The Morgan fingerprint density at radius 2 is 1.35 bits per heavy atom. The van der Waals surface area contributed by atoms with Gasteiger partial charge in [-0.2, -0.15) is 0 Å². The molecule has 0 unspecified atom stereocenters. The normalized spacial score (nSPS) is 10.1. The maximum Gasteiger partial charge on any atom is 0.335 e. The molecule has 20 heavy (non-hydrogen) atoms. The number of rotatable bonds is 6. The molecule has 4 nitrogen and oxygen atoms in total. The number of aromatic carboxylic acids is 1. The highest BCUT2D eigenvalue weighted by Crippen LogP contribution is 2.14.